The third kappa shape index (κ3) is 2.28. The minimum Gasteiger partial charge on any atom is -0.381 e. The van der Waals surface area contributed by atoms with Gasteiger partial charge in [-0.1, -0.05) is 0 Å². The number of carbonyl (C=O) groups is 1. The molecule has 1 aromatic heterocycles. The lowest BCUT2D eigenvalue weighted by Crippen LogP contribution is -2.42. The first-order chi connectivity index (χ1) is 8.83. The smallest absolute Gasteiger partial charge is 0.245 e. The molecule has 2 aliphatic heterocycles. The van der Waals surface area contributed by atoms with Gasteiger partial charge in [-0.3, -0.25) is 4.79 Å². The number of rotatable bonds is 2. The van der Waals surface area contributed by atoms with E-state index in [1.807, 2.05) is 4.90 Å². The van der Waals surface area contributed by atoms with Gasteiger partial charge < -0.3 is 15.0 Å². The topological polar surface area (TPSA) is 67.4 Å². The Labute approximate surface area is 105 Å². The van der Waals surface area contributed by atoms with Crippen LogP contribution in [-0.4, -0.2) is 42.2 Å². The summed E-state index contributed by atoms with van der Waals surface area (Å²) >= 11 is 0. The van der Waals surface area contributed by atoms with Gasteiger partial charge >= 0.3 is 0 Å². The van der Waals surface area contributed by atoms with Crippen LogP contribution in [-0.2, 0) is 9.53 Å². The maximum atomic E-state index is 11.6. The SMILES string of the molecule is O=C1CN(CC2CCOCC2)c2nccnc2N1. The lowest BCUT2D eigenvalue weighted by Gasteiger charge is -2.33. The van der Waals surface area contributed by atoms with Crippen molar-refractivity contribution in [2.24, 2.45) is 5.92 Å². The molecule has 96 valence electrons. The maximum absolute atomic E-state index is 11.6. The molecule has 0 bridgehead atoms. The molecule has 18 heavy (non-hydrogen) atoms. The Balaban J connectivity index is 1.77. The fraction of sp³-hybridized carbons (Fsp3) is 0.583. The number of hydrogen-bond acceptors (Lipinski definition) is 5. The van der Waals surface area contributed by atoms with E-state index in [2.05, 4.69) is 15.3 Å². The number of nitrogens with one attached hydrogen (secondary N) is 1. The molecule has 0 aromatic carbocycles. The van der Waals surface area contributed by atoms with E-state index in [1.165, 1.54) is 0 Å². The van der Waals surface area contributed by atoms with E-state index in [4.69, 9.17) is 4.74 Å². The van der Waals surface area contributed by atoms with Crippen molar-refractivity contribution in [1.29, 1.82) is 0 Å². The molecule has 2 aliphatic rings. The zero-order valence-electron chi connectivity index (χ0n) is 10.1. The monoisotopic (exact) mass is 248 g/mol. The van der Waals surface area contributed by atoms with Crippen molar-refractivity contribution in [2.75, 3.05) is 36.5 Å². The molecule has 3 rings (SSSR count). The van der Waals surface area contributed by atoms with Gasteiger partial charge in [-0.25, -0.2) is 9.97 Å². The van der Waals surface area contributed by atoms with E-state index >= 15 is 0 Å². The number of ether oxygens (including phenoxy) is 1. The Morgan fingerprint density at radius 1 is 1.33 bits per heavy atom. The van der Waals surface area contributed by atoms with Gasteiger partial charge in [0.2, 0.25) is 5.91 Å². The van der Waals surface area contributed by atoms with Crippen LogP contribution in [0.2, 0.25) is 0 Å². The van der Waals surface area contributed by atoms with Crippen molar-refractivity contribution in [1.82, 2.24) is 9.97 Å². The summed E-state index contributed by atoms with van der Waals surface area (Å²) in [6.07, 6.45) is 5.35. The van der Waals surface area contributed by atoms with Gasteiger partial charge in [-0.05, 0) is 18.8 Å². The number of anilines is 2. The number of fused-ring (bicyclic) bond motifs is 1. The molecule has 6 heteroatoms. The summed E-state index contributed by atoms with van der Waals surface area (Å²) in [4.78, 5) is 22.1. The molecule has 1 fully saturated rings. The largest absolute Gasteiger partial charge is 0.381 e. The molecule has 1 saturated heterocycles. The second-order valence-corrected chi connectivity index (χ2v) is 4.71. The highest BCUT2D eigenvalue weighted by Gasteiger charge is 2.26. The minimum atomic E-state index is -0.0185. The normalized spacial score (nSPS) is 20.4. The molecule has 0 atom stereocenters. The van der Waals surface area contributed by atoms with E-state index in [-0.39, 0.29) is 5.91 Å². The summed E-state index contributed by atoms with van der Waals surface area (Å²) in [5.74, 6) is 1.90. The molecule has 1 N–H and O–H groups in total. The van der Waals surface area contributed by atoms with Crippen molar-refractivity contribution in [3.05, 3.63) is 12.4 Å². The van der Waals surface area contributed by atoms with Crippen LogP contribution in [0.1, 0.15) is 12.8 Å². The molecular formula is C12H16N4O2. The summed E-state index contributed by atoms with van der Waals surface area (Å²) in [5, 5.41) is 2.75. The van der Waals surface area contributed by atoms with Gasteiger partial charge in [-0.2, -0.15) is 0 Å². The lowest BCUT2D eigenvalue weighted by atomic mass is 9.99. The molecule has 3 heterocycles. The summed E-state index contributed by atoms with van der Waals surface area (Å²) in [6, 6.07) is 0. The lowest BCUT2D eigenvalue weighted by molar-refractivity contribution is -0.115. The van der Waals surface area contributed by atoms with E-state index in [1.54, 1.807) is 12.4 Å². The van der Waals surface area contributed by atoms with Crippen LogP contribution >= 0.6 is 0 Å². The highest BCUT2D eigenvalue weighted by molar-refractivity contribution is 5.98. The zero-order valence-corrected chi connectivity index (χ0v) is 10.1. The van der Waals surface area contributed by atoms with Crippen LogP contribution in [0.25, 0.3) is 0 Å². The third-order valence-corrected chi connectivity index (χ3v) is 3.39. The van der Waals surface area contributed by atoms with Gasteiger partial charge in [0.15, 0.2) is 11.6 Å². The highest BCUT2D eigenvalue weighted by Crippen LogP contribution is 2.26. The van der Waals surface area contributed by atoms with Crippen molar-refractivity contribution in [3.8, 4) is 0 Å². The maximum Gasteiger partial charge on any atom is 0.245 e. The van der Waals surface area contributed by atoms with Crippen molar-refractivity contribution >= 4 is 17.5 Å². The quantitative estimate of drug-likeness (QED) is 0.833. The number of nitrogens with zero attached hydrogens (tertiary/aromatic N) is 3. The van der Waals surface area contributed by atoms with Gasteiger partial charge in [0, 0.05) is 32.2 Å². The predicted molar refractivity (Wildman–Crippen MR) is 66.4 cm³/mol. The Morgan fingerprint density at radius 3 is 2.94 bits per heavy atom. The molecular weight excluding hydrogens is 232 g/mol. The van der Waals surface area contributed by atoms with Gasteiger partial charge in [0.1, 0.15) is 0 Å². The molecule has 0 radical (unpaired) electrons. The average molecular weight is 248 g/mol. The Hall–Kier alpha value is -1.69. The molecule has 0 unspecified atom stereocenters. The summed E-state index contributed by atoms with van der Waals surface area (Å²) in [5.41, 5.74) is 0. The number of hydrogen-bond donors (Lipinski definition) is 1. The fourth-order valence-corrected chi connectivity index (χ4v) is 2.46. The second kappa shape index (κ2) is 4.89. The molecule has 0 saturated carbocycles. The van der Waals surface area contributed by atoms with Gasteiger partial charge in [0.05, 0.1) is 6.54 Å². The Morgan fingerprint density at radius 2 is 2.11 bits per heavy atom. The van der Waals surface area contributed by atoms with Crippen LogP contribution in [0.3, 0.4) is 0 Å². The number of amides is 1. The molecule has 0 spiro atoms. The molecule has 0 aliphatic carbocycles. The first-order valence-corrected chi connectivity index (χ1v) is 6.26. The minimum absolute atomic E-state index is 0.0185. The van der Waals surface area contributed by atoms with Crippen LogP contribution < -0.4 is 10.2 Å². The zero-order chi connectivity index (χ0) is 12.4. The van der Waals surface area contributed by atoms with E-state index in [9.17, 15) is 4.79 Å². The third-order valence-electron chi connectivity index (χ3n) is 3.39. The second-order valence-electron chi connectivity index (χ2n) is 4.71. The first-order valence-electron chi connectivity index (χ1n) is 6.26. The van der Waals surface area contributed by atoms with E-state index in [0.29, 0.717) is 18.3 Å². The molecule has 1 amide bonds. The predicted octanol–water partition coefficient (Wildman–Crippen LogP) is 0.662. The van der Waals surface area contributed by atoms with Crippen molar-refractivity contribution in [2.45, 2.75) is 12.8 Å². The van der Waals surface area contributed by atoms with Crippen LogP contribution in [0.4, 0.5) is 11.6 Å². The van der Waals surface area contributed by atoms with Gasteiger partial charge in [-0.15, -0.1) is 0 Å². The molecule has 1 aromatic rings. The van der Waals surface area contributed by atoms with E-state index in [0.717, 1.165) is 38.4 Å². The highest BCUT2D eigenvalue weighted by atomic mass is 16.5. The number of carbonyl (C=O) groups excluding carboxylic acids is 1. The summed E-state index contributed by atoms with van der Waals surface area (Å²) < 4.78 is 5.35. The van der Waals surface area contributed by atoms with Crippen LogP contribution in [0.5, 0.6) is 0 Å². The Kier molecular flexibility index (Phi) is 3.10. The van der Waals surface area contributed by atoms with E-state index < -0.39 is 0 Å². The van der Waals surface area contributed by atoms with Crippen LogP contribution in [0, 0.1) is 5.92 Å². The fourth-order valence-electron chi connectivity index (χ4n) is 2.46. The number of aromatic nitrogens is 2. The van der Waals surface area contributed by atoms with Crippen molar-refractivity contribution < 1.29 is 9.53 Å². The standard InChI is InChI=1S/C12H16N4O2/c17-10-8-16(7-9-1-5-18-6-2-9)12-11(15-10)13-3-4-14-12/h3-4,9H,1-2,5-8H2,(H,13,15,17). The Bertz CT molecular complexity index is 445. The summed E-state index contributed by atoms with van der Waals surface area (Å²) in [7, 11) is 0. The average Bonchev–Trinajstić information content (AvgIpc) is 2.40. The van der Waals surface area contributed by atoms with Gasteiger partial charge in [0.25, 0.3) is 0 Å². The van der Waals surface area contributed by atoms with Crippen LogP contribution in [0.15, 0.2) is 12.4 Å². The first kappa shape index (κ1) is 11.4. The van der Waals surface area contributed by atoms with Crippen molar-refractivity contribution in [3.63, 3.8) is 0 Å². The summed E-state index contributed by atoms with van der Waals surface area (Å²) in [6.45, 7) is 2.85. The molecule has 6 nitrogen and oxygen atoms in total.